The number of urea groups is 2. The molecule has 2 aromatic rings. The highest BCUT2D eigenvalue weighted by Crippen LogP contribution is 2.42. The summed E-state index contributed by atoms with van der Waals surface area (Å²) in [5, 5.41) is 5.72. The van der Waals surface area contributed by atoms with Gasteiger partial charge in [-0.3, -0.25) is 14.4 Å². The van der Waals surface area contributed by atoms with Crippen molar-refractivity contribution in [2.75, 3.05) is 40.3 Å². The summed E-state index contributed by atoms with van der Waals surface area (Å²) in [6, 6.07) is 11.3. The van der Waals surface area contributed by atoms with Crippen LogP contribution in [-0.2, 0) is 37.6 Å². The Balaban J connectivity index is 1.24. The molecule has 15 heteroatoms. The third kappa shape index (κ3) is 7.77. The zero-order chi connectivity index (χ0) is 38.3. The van der Waals surface area contributed by atoms with E-state index in [4.69, 9.17) is 14.2 Å². The average molecular weight is 760 g/mol. The Morgan fingerprint density at radius 2 is 1.43 bits per heavy atom. The van der Waals surface area contributed by atoms with Crippen molar-refractivity contribution >= 4 is 45.9 Å². The molecule has 2 aromatic carbocycles. The number of hydrogen-bond donors (Lipinski definition) is 2. The van der Waals surface area contributed by atoms with Gasteiger partial charge in [0.2, 0.25) is 5.54 Å². The number of nitrogens with zero attached hydrogens (tertiary/aromatic N) is 3. The Morgan fingerprint density at radius 3 is 2.08 bits per heavy atom. The van der Waals surface area contributed by atoms with Gasteiger partial charge in [-0.2, -0.15) is 0 Å². The number of ether oxygens (including phenoxy) is 3. The van der Waals surface area contributed by atoms with E-state index in [-0.39, 0.29) is 38.4 Å². The van der Waals surface area contributed by atoms with Gasteiger partial charge < -0.3 is 29.7 Å². The van der Waals surface area contributed by atoms with Gasteiger partial charge in [0.15, 0.2) is 0 Å². The highest BCUT2D eigenvalue weighted by molar-refractivity contribution is 6.76. The Labute approximate surface area is 312 Å². The van der Waals surface area contributed by atoms with Crippen LogP contribution < -0.4 is 15.4 Å². The monoisotopic (exact) mass is 759 g/mol. The number of nitrogens with one attached hydrogen (secondary N) is 2. The number of amides is 7. The van der Waals surface area contributed by atoms with Gasteiger partial charge in [-0.1, -0.05) is 63.3 Å². The summed E-state index contributed by atoms with van der Waals surface area (Å²) in [5.41, 5.74) is 0.417. The third-order valence-electron chi connectivity index (χ3n) is 10.2. The van der Waals surface area contributed by atoms with Gasteiger partial charge in [0.25, 0.3) is 17.7 Å². The van der Waals surface area contributed by atoms with E-state index in [2.05, 4.69) is 61.8 Å². The maximum absolute atomic E-state index is 14.1. The molecule has 6 rings (SSSR count). The number of methoxy groups -OCH3 is 1. The molecule has 2 fully saturated rings. The first-order valence-corrected chi connectivity index (χ1v) is 25.4. The van der Waals surface area contributed by atoms with Gasteiger partial charge in [-0.05, 0) is 65.9 Å². The second-order valence-electron chi connectivity index (χ2n) is 16.6. The average Bonchev–Trinajstić information content (AvgIpc) is 3.75. The highest BCUT2D eigenvalue weighted by atomic mass is 28.3. The fourth-order valence-electron chi connectivity index (χ4n) is 6.95. The van der Waals surface area contributed by atoms with Crippen molar-refractivity contribution in [3.05, 3.63) is 64.2 Å². The zero-order valence-corrected chi connectivity index (χ0v) is 33.6. The summed E-state index contributed by atoms with van der Waals surface area (Å²) >= 11 is 0. The minimum atomic E-state index is -1.74. The summed E-state index contributed by atoms with van der Waals surface area (Å²) < 4.78 is 16.8. The van der Waals surface area contributed by atoms with E-state index in [0.717, 1.165) is 33.0 Å². The van der Waals surface area contributed by atoms with Crippen molar-refractivity contribution in [1.29, 1.82) is 0 Å². The molecule has 2 N–H and O–H groups in total. The number of benzene rings is 2. The minimum absolute atomic E-state index is 0.101. The predicted octanol–water partition coefficient (Wildman–Crippen LogP) is 4.31. The van der Waals surface area contributed by atoms with E-state index in [9.17, 15) is 24.0 Å². The number of hydrogen-bond acceptors (Lipinski definition) is 8. The highest BCUT2D eigenvalue weighted by Gasteiger charge is 2.56. The van der Waals surface area contributed by atoms with Crippen LogP contribution in [0.4, 0.5) is 9.59 Å². The van der Waals surface area contributed by atoms with Crippen LogP contribution in [0.5, 0.6) is 5.75 Å². The van der Waals surface area contributed by atoms with E-state index in [1.165, 1.54) is 12.0 Å². The smallest absolute Gasteiger partial charge is 0.327 e. The predicted molar refractivity (Wildman–Crippen MR) is 202 cm³/mol. The lowest BCUT2D eigenvalue weighted by Crippen LogP contribution is -2.54. The molecule has 0 bridgehead atoms. The Kier molecular flexibility index (Phi) is 10.4. The van der Waals surface area contributed by atoms with Crippen LogP contribution in [-0.4, -0.2) is 107 Å². The number of imide groups is 2. The lowest BCUT2D eigenvalue weighted by Gasteiger charge is -2.27. The molecule has 0 radical (unpaired) electrons. The second-order valence-corrected chi connectivity index (χ2v) is 27.9. The molecule has 3 heterocycles. The van der Waals surface area contributed by atoms with Crippen molar-refractivity contribution in [3.8, 4) is 17.6 Å². The van der Waals surface area contributed by atoms with Crippen LogP contribution in [0.25, 0.3) is 0 Å². The van der Waals surface area contributed by atoms with Gasteiger partial charge in [0.05, 0.1) is 13.7 Å². The van der Waals surface area contributed by atoms with Gasteiger partial charge >= 0.3 is 12.1 Å². The lowest BCUT2D eigenvalue weighted by atomic mass is 9.91. The van der Waals surface area contributed by atoms with Crippen LogP contribution in [0.2, 0.25) is 51.4 Å². The molecule has 0 aromatic heterocycles. The van der Waals surface area contributed by atoms with Gasteiger partial charge in [0.1, 0.15) is 24.8 Å². The first-order chi connectivity index (χ1) is 24.9. The molecule has 3 aliphatic heterocycles. The van der Waals surface area contributed by atoms with E-state index >= 15 is 0 Å². The minimum Gasteiger partial charge on any atom is -0.497 e. The van der Waals surface area contributed by atoms with Crippen LogP contribution in [0, 0.1) is 11.8 Å². The molecular weight excluding hydrogens is 711 g/mol. The molecule has 0 saturated carbocycles. The van der Waals surface area contributed by atoms with Gasteiger partial charge in [-0.15, -0.1) is 0 Å². The lowest BCUT2D eigenvalue weighted by molar-refractivity contribution is -0.135. The molecular formula is C38H49N5O8Si2. The molecule has 2 atom stereocenters. The van der Waals surface area contributed by atoms with Crippen molar-refractivity contribution in [1.82, 2.24) is 25.3 Å². The quantitative estimate of drug-likeness (QED) is 0.133. The summed E-state index contributed by atoms with van der Waals surface area (Å²) in [6.07, 6.45) is 0.914. The number of carbonyl (C=O) groups excluding carboxylic acids is 5. The van der Waals surface area contributed by atoms with Crippen LogP contribution in [0.15, 0.2) is 36.4 Å². The van der Waals surface area contributed by atoms with E-state index in [1.807, 2.05) is 12.1 Å². The summed E-state index contributed by atoms with van der Waals surface area (Å²) in [4.78, 5) is 71.3. The van der Waals surface area contributed by atoms with Crippen molar-refractivity contribution in [3.63, 3.8) is 0 Å². The second kappa shape index (κ2) is 14.4. The number of aryl methyl sites for hydroxylation is 1. The topological polar surface area (TPSA) is 147 Å². The Hall–Kier alpha value is -4.50. The van der Waals surface area contributed by atoms with Gasteiger partial charge in [0, 0.05) is 47.0 Å². The fraction of sp³-hybridized carbons (Fsp3) is 0.500. The van der Waals surface area contributed by atoms with E-state index in [0.29, 0.717) is 48.5 Å². The Morgan fingerprint density at radius 1 is 0.792 bits per heavy atom. The van der Waals surface area contributed by atoms with Gasteiger partial charge in [-0.25, -0.2) is 19.4 Å². The van der Waals surface area contributed by atoms with Crippen molar-refractivity contribution < 1.29 is 38.2 Å². The maximum Gasteiger partial charge on any atom is 0.327 e. The molecule has 282 valence electrons. The molecule has 53 heavy (non-hydrogen) atoms. The first kappa shape index (κ1) is 38.2. The zero-order valence-electron chi connectivity index (χ0n) is 31.6. The Bertz CT molecular complexity index is 1910. The number of rotatable bonds is 13. The standard InChI is InChI=1S/C38H49N5O8Si2/c1-49-29-10-9-28-22-41(32(44)30(28)21-29)23-37(33(45)42(35(47)39-37)24-50-16-18-52(2,3)4)14-12-26-8-11-31-27(20-26)13-15-38(31)34(46)43(36(48)40-38)25-51-17-19-53(5,6)7/h8-11,20-21H,13,15-19,22-25H2,1-7H3,(H,39,47)(H,40,48)/t37-,38?/m1/s1. The SMILES string of the molecule is COc1ccc2c(c1)C(=O)N(C[C@@]1(C#Cc3ccc4c(c3)CCC43NC(=O)N(COCC[Si](C)(C)C)C3=O)NC(=O)N(COCC[Si](C)(C)C)C1=O)C2. The molecule has 1 unspecified atom stereocenters. The van der Waals surface area contributed by atoms with Crippen LogP contribution >= 0.6 is 0 Å². The normalized spacial score (nSPS) is 22.3. The summed E-state index contributed by atoms with van der Waals surface area (Å²) in [6.45, 7) is 14.0. The molecule has 2 saturated heterocycles. The molecule has 1 aliphatic carbocycles. The molecule has 4 aliphatic rings. The van der Waals surface area contributed by atoms with Crippen molar-refractivity contribution in [2.45, 2.75) is 81.8 Å². The molecule has 7 amide bonds. The van der Waals surface area contributed by atoms with E-state index < -0.39 is 45.2 Å². The van der Waals surface area contributed by atoms with Crippen LogP contribution in [0.3, 0.4) is 0 Å². The first-order valence-electron chi connectivity index (χ1n) is 18.0. The number of fused-ring (bicyclic) bond motifs is 3. The summed E-state index contributed by atoms with van der Waals surface area (Å²) in [5.74, 6) is 5.44. The fourth-order valence-corrected chi connectivity index (χ4v) is 8.46. The van der Waals surface area contributed by atoms with Crippen LogP contribution in [0.1, 0.15) is 39.0 Å². The third-order valence-corrected chi connectivity index (χ3v) is 13.6. The molecule has 1 spiro atoms. The molecule has 13 nitrogen and oxygen atoms in total. The summed E-state index contributed by atoms with van der Waals surface area (Å²) in [7, 11) is -1.22. The largest absolute Gasteiger partial charge is 0.497 e. The van der Waals surface area contributed by atoms with Crippen molar-refractivity contribution in [2.24, 2.45) is 0 Å². The number of carbonyl (C=O) groups is 5. The maximum atomic E-state index is 14.1. The van der Waals surface area contributed by atoms with E-state index in [1.54, 1.807) is 24.3 Å².